The summed E-state index contributed by atoms with van der Waals surface area (Å²) < 4.78 is 8.75. The molecular formula is C11H22FO2. The van der Waals surface area contributed by atoms with Crippen LogP contribution in [-0.2, 0) is 9.78 Å². The number of rotatable bonds is 9. The lowest BCUT2D eigenvalue weighted by atomic mass is 10.3. The van der Waals surface area contributed by atoms with E-state index in [9.17, 15) is 0 Å². The maximum Gasteiger partial charge on any atom is 0.232 e. The van der Waals surface area contributed by atoms with Gasteiger partial charge in [0.25, 0.3) is 0 Å². The van der Waals surface area contributed by atoms with Crippen molar-refractivity contribution < 1.29 is 14.2 Å². The maximum atomic E-state index is 8.75. The van der Waals surface area contributed by atoms with Crippen LogP contribution in [0.15, 0.2) is 0 Å². The molecule has 0 heterocycles. The van der Waals surface area contributed by atoms with Crippen LogP contribution >= 0.6 is 0 Å². The normalized spacial score (nSPS) is 9.43. The van der Waals surface area contributed by atoms with Crippen molar-refractivity contribution in [2.75, 3.05) is 13.2 Å². The summed E-state index contributed by atoms with van der Waals surface area (Å²) in [6.45, 7) is 5.87. The second-order valence-electron chi connectivity index (χ2n) is 3.06. The summed E-state index contributed by atoms with van der Waals surface area (Å²) in [5, 5.41) is 0. The average Bonchev–Trinajstić information content (AvgIpc) is 2.25. The first-order valence-corrected chi connectivity index (χ1v) is 5.35. The quantitative estimate of drug-likeness (QED) is 0.323. The van der Waals surface area contributed by atoms with E-state index in [0.29, 0.717) is 0 Å². The topological polar surface area (TPSA) is 18.5 Å². The molecule has 0 atom stereocenters. The minimum atomic E-state index is 0.750. The Labute approximate surface area is 87.7 Å². The molecule has 0 bridgehead atoms. The fourth-order valence-corrected chi connectivity index (χ4v) is 0.940. The van der Waals surface area contributed by atoms with Gasteiger partial charge in [0.2, 0.25) is 7.18 Å². The average molecular weight is 205 g/mol. The molecule has 0 aliphatic rings. The summed E-state index contributed by atoms with van der Waals surface area (Å²) >= 11 is 0. The van der Waals surface area contributed by atoms with E-state index in [4.69, 9.17) is 14.2 Å². The zero-order valence-corrected chi connectivity index (χ0v) is 9.35. The first kappa shape index (κ1) is 16.3. The number of hydrogen-bond donors (Lipinski definition) is 0. The summed E-state index contributed by atoms with van der Waals surface area (Å²) in [4.78, 5) is 9.96. The molecule has 0 aromatic carbocycles. The Morgan fingerprint density at radius 1 is 0.786 bits per heavy atom. The minimum absolute atomic E-state index is 0.750. The largest absolute Gasteiger partial charge is 0.237 e. The van der Waals surface area contributed by atoms with Crippen LogP contribution in [0.3, 0.4) is 0 Å². The molecule has 3 heteroatoms. The molecule has 0 amide bonds. The van der Waals surface area contributed by atoms with E-state index in [2.05, 4.69) is 21.0 Å². The summed E-state index contributed by atoms with van der Waals surface area (Å²) in [7, 11) is 4.25. The molecule has 0 rings (SSSR count). The highest BCUT2D eigenvalue weighted by atomic mass is 19.1. The Balaban J connectivity index is 0. The van der Waals surface area contributed by atoms with Crippen molar-refractivity contribution in [1.82, 2.24) is 0 Å². The second kappa shape index (κ2) is 18.6. The molecule has 0 aromatic heterocycles. The number of unbranched alkanes of at least 4 members (excludes halogenated alkanes) is 4. The van der Waals surface area contributed by atoms with Gasteiger partial charge in [-0.05, 0) is 12.8 Å². The van der Waals surface area contributed by atoms with Gasteiger partial charge in [-0.15, -0.1) is 0 Å². The van der Waals surface area contributed by atoms with Gasteiger partial charge in [0.15, 0.2) is 0 Å². The first-order valence-electron chi connectivity index (χ1n) is 5.35. The van der Waals surface area contributed by atoms with E-state index < -0.39 is 0 Å². The van der Waals surface area contributed by atoms with Crippen LogP contribution in [0.1, 0.15) is 52.4 Å². The van der Waals surface area contributed by atoms with Gasteiger partial charge in [-0.25, -0.2) is 14.2 Å². The SMILES string of the molecule is CCCCCOOCCCCC.[C]F. The fraction of sp³-hybridized carbons (Fsp3) is 0.909. The third kappa shape index (κ3) is 17.8. The zero-order chi connectivity index (χ0) is 11.1. The first-order chi connectivity index (χ1) is 6.91. The summed E-state index contributed by atoms with van der Waals surface area (Å²) in [5.74, 6) is 0. The van der Waals surface area contributed by atoms with Gasteiger partial charge in [-0.3, -0.25) is 0 Å². The van der Waals surface area contributed by atoms with Gasteiger partial charge < -0.3 is 0 Å². The van der Waals surface area contributed by atoms with Crippen LogP contribution in [-0.4, -0.2) is 13.2 Å². The molecule has 0 unspecified atom stereocenters. The van der Waals surface area contributed by atoms with Crippen LogP contribution < -0.4 is 0 Å². The van der Waals surface area contributed by atoms with Crippen molar-refractivity contribution in [2.45, 2.75) is 52.4 Å². The second-order valence-corrected chi connectivity index (χ2v) is 3.06. The van der Waals surface area contributed by atoms with E-state index in [-0.39, 0.29) is 0 Å². The summed E-state index contributed by atoms with van der Waals surface area (Å²) in [6.07, 6.45) is 7.17. The van der Waals surface area contributed by atoms with Crippen molar-refractivity contribution in [2.24, 2.45) is 0 Å². The van der Waals surface area contributed by atoms with Gasteiger partial charge in [0, 0.05) is 0 Å². The Hall–Kier alpha value is -0.150. The van der Waals surface area contributed by atoms with Crippen molar-refractivity contribution in [1.29, 1.82) is 0 Å². The molecule has 85 valence electrons. The third-order valence-corrected chi connectivity index (χ3v) is 1.75. The molecule has 0 aromatic rings. The van der Waals surface area contributed by atoms with Gasteiger partial charge in [0.05, 0.1) is 13.2 Å². The molecule has 0 spiro atoms. The smallest absolute Gasteiger partial charge is 0.232 e. The maximum absolute atomic E-state index is 8.75. The molecule has 14 heavy (non-hydrogen) atoms. The highest BCUT2D eigenvalue weighted by Gasteiger charge is 1.89. The lowest BCUT2D eigenvalue weighted by Crippen LogP contribution is -1.98. The van der Waals surface area contributed by atoms with Crippen LogP contribution in [0.2, 0.25) is 0 Å². The lowest BCUT2D eigenvalue weighted by molar-refractivity contribution is -0.295. The minimum Gasteiger partial charge on any atom is -0.237 e. The predicted octanol–water partition coefficient (Wildman–Crippen LogP) is 3.82. The predicted molar refractivity (Wildman–Crippen MR) is 55.3 cm³/mol. The standard InChI is InChI=1S/C10H22O2.CF/c1-3-5-7-9-11-12-10-8-6-4-2;1-2/h3-10H2,1-2H3;. The van der Waals surface area contributed by atoms with Gasteiger partial charge in [-0.2, -0.15) is 0 Å². The lowest BCUT2D eigenvalue weighted by Gasteiger charge is -2.02. The number of hydrogen-bond acceptors (Lipinski definition) is 2. The van der Waals surface area contributed by atoms with Crippen molar-refractivity contribution >= 4 is 0 Å². The molecule has 0 saturated heterocycles. The molecule has 2 nitrogen and oxygen atoms in total. The van der Waals surface area contributed by atoms with E-state index >= 15 is 0 Å². The van der Waals surface area contributed by atoms with Crippen LogP contribution in [0.25, 0.3) is 0 Å². The Morgan fingerprint density at radius 3 is 1.43 bits per heavy atom. The highest BCUT2D eigenvalue weighted by Crippen LogP contribution is 1.97. The van der Waals surface area contributed by atoms with Crippen molar-refractivity contribution in [3.05, 3.63) is 7.18 Å². The molecule has 0 aliphatic carbocycles. The highest BCUT2D eigenvalue weighted by molar-refractivity contribution is 4.34. The molecular weight excluding hydrogens is 183 g/mol. The monoisotopic (exact) mass is 205 g/mol. The molecule has 0 saturated carbocycles. The van der Waals surface area contributed by atoms with Gasteiger partial charge in [-0.1, -0.05) is 39.5 Å². The summed E-state index contributed by atoms with van der Waals surface area (Å²) in [6, 6.07) is 0. The van der Waals surface area contributed by atoms with Gasteiger partial charge >= 0.3 is 0 Å². The Bertz CT molecular complexity index is 69.7. The Morgan fingerprint density at radius 2 is 1.14 bits per heavy atom. The van der Waals surface area contributed by atoms with Gasteiger partial charge in [0.1, 0.15) is 0 Å². The zero-order valence-electron chi connectivity index (χ0n) is 9.35. The third-order valence-electron chi connectivity index (χ3n) is 1.75. The van der Waals surface area contributed by atoms with Crippen LogP contribution in [0.4, 0.5) is 4.39 Å². The van der Waals surface area contributed by atoms with Crippen molar-refractivity contribution in [3.63, 3.8) is 0 Å². The summed E-state index contributed by atoms with van der Waals surface area (Å²) in [5.41, 5.74) is 0. The Kier molecular flexibility index (Phi) is 21.6. The number of halogens is 1. The molecule has 0 N–H and O–H groups in total. The molecule has 0 aliphatic heterocycles. The molecule has 3 radical (unpaired) electrons. The fourth-order valence-electron chi connectivity index (χ4n) is 0.940. The van der Waals surface area contributed by atoms with E-state index in [0.717, 1.165) is 26.1 Å². The van der Waals surface area contributed by atoms with Crippen LogP contribution in [0.5, 0.6) is 0 Å². The van der Waals surface area contributed by atoms with E-state index in [1.807, 2.05) is 0 Å². The van der Waals surface area contributed by atoms with E-state index in [1.54, 1.807) is 0 Å². The van der Waals surface area contributed by atoms with Crippen LogP contribution in [0, 0.1) is 7.18 Å². The van der Waals surface area contributed by atoms with Crippen molar-refractivity contribution in [3.8, 4) is 0 Å². The van der Waals surface area contributed by atoms with E-state index in [1.165, 1.54) is 25.7 Å². The molecule has 0 fully saturated rings.